The minimum atomic E-state index is -0.239. The van der Waals surface area contributed by atoms with Gasteiger partial charge in [-0.25, -0.2) is 0 Å². The number of ketones is 1. The van der Waals surface area contributed by atoms with E-state index in [9.17, 15) is 4.79 Å². The molecule has 0 aromatic rings. The molecule has 0 radical (unpaired) electrons. The van der Waals surface area contributed by atoms with E-state index < -0.39 is 0 Å². The summed E-state index contributed by atoms with van der Waals surface area (Å²) in [4.78, 5) is 12.8. The van der Waals surface area contributed by atoms with E-state index in [1.807, 2.05) is 0 Å². The second-order valence-electron chi connectivity index (χ2n) is 15.0. The third kappa shape index (κ3) is 2.70. The normalized spacial score (nSPS) is 52.8. The van der Waals surface area contributed by atoms with E-state index in [1.165, 1.54) is 56.9 Å². The Morgan fingerprint density at radius 1 is 0.774 bits per heavy atom. The molecule has 0 saturated heterocycles. The predicted octanol–water partition coefficient (Wildman–Crippen LogP) is 8.38. The average Bonchev–Trinajstić information content (AvgIpc) is 2.68. The zero-order valence-electron chi connectivity index (χ0n) is 21.8. The summed E-state index contributed by atoms with van der Waals surface area (Å²) in [5.74, 6) is 2.73. The topological polar surface area (TPSA) is 17.1 Å². The molecule has 0 N–H and O–H groups in total. The highest BCUT2D eigenvalue weighted by atomic mass is 16.1. The lowest BCUT2D eigenvalue weighted by molar-refractivity contribution is -0.229. The van der Waals surface area contributed by atoms with Crippen LogP contribution in [0.1, 0.15) is 120 Å². The van der Waals surface area contributed by atoms with Crippen molar-refractivity contribution in [2.75, 3.05) is 0 Å². The minimum absolute atomic E-state index is 0.239. The highest BCUT2D eigenvalue weighted by Crippen LogP contribution is 2.76. The van der Waals surface area contributed by atoms with Gasteiger partial charge in [-0.05, 0) is 116 Å². The Morgan fingerprint density at radius 3 is 2.10 bits per heavy atom. The third-order valence-corrected chi connectivity index (χ3v) is 12.8. The number of carbonyl (C=O) groups is 1. The van der Waals surface area contributed by atoms with Gasteiger partial charge in [-0.15, -0.1) is 0 Å². The van der Waals surface area contributed by atoms with Gasteiger partial charge >= 0.3 is 0 Å². The second kappa shape index (κ2) is 6.29. The number of rotatable bonds is 0. The molecule has 4 saturated carbocycles. The second-order valence-corrected chi connectivity index (χ2v) is 15.0. The monoisotopic (exact) mass is 424 g/mol. The van der Waals surface area contributed by atoms with E-state index in [1.54, 1.807) is 0 Å². The number of hydrogen-bond acceptors (Lipinski definition) is 1. The molecule has 0 aliphatic heterocycles. The lowest BCUT2D eigenvalue weighted by Gasteiger charge is -2.73. The van der Waals surface area contributed by atoms with E-state index in [0.29, 0.717) is 38.8 Å². The molecule has 0 aromatic heterocycles. The van der Waals surface area contributed by atoms with Crippen molar-refractivity contribution in [3.05, 3.63) is 11.6 Å². The molecule has 5 aliphatic rings. The predicted molar refractivity (Wildman–Crippen MR) is 130 cm³/mol. The summed E-state index contributed by atoms with van der Waals surface area (Å²) in [7, 11) is 0. The van der Waals surface area contributed by atoms with Crippen LogP contribution in [-0.2, 0) is 4.79 Å². The Bertz CT molecular complexity index is 831. The van der Waals surface area contributed by atoms with Gasteiger partial charge in [0.15, 0.2) is 0 Å². The molecule has 1 nitrogen and oxygen atoms in total. The Kier molecular flexibility index (Phi) is 4.51. The van der Waals surface area contributed by atoms with E-state index in [2.05, 4.69) is 61.5 Å². The summed E-state index contributed by atoms with van der Waals surface area (Å²) >= 11 is 0. The van der Waals surface area contributed by atoms with E-state index in [-0.39, 0.29) is 5.41 Å². The molecule has 31 heavy (non-hydrogen) atoms. The fourth-order valence-corrected chi connectivity index (χ4v) is 10.3. The van der Waals surface area contributed by atoms with Crippen LogP contribution in [0.15, 0.2) is 11.6 Å². The molecule has 0 bridgehead atoms. The van der Waals surface area contributed by atoms with Crippen molar-refractivity contribution in [3.63, 3.8) is 0 Å². The van der Waals surface area contributed by atoms with Gasteiger partial charge in [-0.1, -0.05) is 53.2 Å². The van der Waals surface area contributed by atoms with Crippen LogP contribution in [0.2, 0.25) is 0 Å². The smallest absolute Gasteiger partial charge is 0.142 e. The summed E-state index contributed by atoms with van der Waals surface area (Å²) in [5, 5.41) is 0. The van der Waals surface area contributed by atoms with Crippen LogP contribution in [0.25, 0.3) is 0 Å². The highest BCUT2D eigenvalue weighted by molar-refractivity contribution is 5.88. The highest BCUT2D eigenvalue weighted by Gasteiger charge is 2.69. The van der Waals surface area contributed by atoms with Gasteiger partial charge in [0.05, 0.1) is 0 Å². The number of carbonyl (C=O) groups excluding carboxylic acids is 1. The van der Waals surface area contributed by atoms with Crippen LogP contribution < -0.4 is 0 Å². The largest absolute Gasteiger partial charge is 0.299 e. The summed E-state index contributed by atoms with van der Waals surface area (Å²) in [6.07, 6.45) is 15.5. The van der Waals surface area contributed by atoms with Crippen LogP contribution in [0, 0.1) is 50.2 Å². The van der Waals surface area contributed by atoms with Gasteiger partial charge in [0.25, 0.3) is 0 Å². The number of allylic oxidation sites excluding steroid dienone is 2. The van der Waals surface area contributed by atoms with Crippen LogP contribution in [0.3, 0.4) is 0 Å². The van der Waals surface area contributed by atoms with Crippen molar-refractivity contribution in [3.8, 4) is 0 Å². The molecule has 0 amide bonds. The van der Waals surface area contributed by atoms with Crippen molar-refractivity contribution in [1.29, 1.82) is 0 Å². The first kappa shape index (κ1) is 22.2. The van der Waals surface area contributed by atoms with Crippen LogP contribution in [-0.4, -0.2) is 5.78 Å². The zero-order valence-corrected chi connectivity index (χ0v) is 21.8. The van der Waals surface area contributed by atoms with Crippen molar-refractivity contribution < 1.29 is 4.79 Å². The van der Waals surface area contributed by atoms with Crippen molar-refractivity contribution in [2.45, 2.75) is 120 Å². The first-order valence-corrected chi connectivity index (χ1v) is 13.4. The molecular weight excluding hydrogens is 376 g/mol. The lowest BCUT2D eigenvalue weighted by atomic mass is 9.31. The SMILES string of the molecule is CC1(C)CC[C@]2(C)CC[C@]3(C)[C@@H]4CC=C5[C@@H](CCC(=O)C5(C)C)[C@]4(C)CC[C@@]3(C)[C@@H]2C1. The first-order valence-electron chi connectivity index (χ1n) is 13.4. The van der Waals surface area contributed by atoms with Gasteiger partial charge < -0.3 is 0 Å². The average molecular weight is 425 g/mol. The molecule has 0 unspecified atom stereocenters. The molecular formula is C30H48O. The van der Waals surface area contributed by atoms with Crippen molar-refractivity contribution >= 4 is 5.78 Å². The number of hydrogen-bond donors (Lipinski definition) is 0. The van der Waals surface area contributed by atoms with Gasteiger partial charge in [-0.2, -0.15) is 0 Å². The molecule has 4 fully saturated rings. The van der Waals surface area contributed by atoms with Crippen LogP contribution in [0.5, 0.6) is 0 Å². The maximum atomic E-state index is 12.8. The van der Waals surface area contributed by atoms with Crippen LogP contribution in [0.4, 0.5) is 0 Å². The molecule has 5 aliphatic carbocycles. The number of Topliss-reactive ketones (excluding diaryl/α,β-unsaturated/α-hetero) is 1. The Labute approximate surface area is 192 Å². The maximum absolute atomic E-state index is 12.8. The summed E-state index contributed by atoms with van der Waals surface area (Å²) in [5.41, 5.74) is 3.56. The minimum Gasteiger partial charge on any atom is -0.299 e. The van der Waals surface area contributed by atoms with Gasteiger partial charge in [-0.3, -0.25) is 4.79 Å². The lowest BCUT2D eigenvalue weighted by Crippen LogP contribution is -2.65. The number of fused-ring (bicyclic) bond motifs is 7. The van der Waals surface area contributed by atoms with Gasteiger partial charge in [0.2, 0.25) is 0 Å². The van der Waals surface area contributed by atoms with Gasteiger partial charge in [0, 0.05) is 11.8 Å². The molecule has 1 heteroatoms. The molecule has 5 rings (SSSR count). The zero-order chi connectivity index (χ0) is 22.7. The Morgan fingerprint density at radius 2 is 1.39 bits per heavy atom. The van der Waals surface area contributed by atoms with Gasteiger partial charge in [0.1, 0.15) is 5.78 Å². The molecule has 0 aromatic carbocycles. The fourth-order valence-electron chi connectivity index (χ4n) is 10.3. The Balaban J connectivity index is 1.57. The standard InChI is InChI=1S/C30H48O/c1-25(2)13-14-27(5)15-17-29(7)22-11-9-20-21(10-12-24(31)26(20,3)4)28(22,6)16-18-30(29,8)23(27)19-25/h9,21-23H,10-19H2,1-8H3/t21-,22-,23-,27-,28+,29-,30+/m1/s1. The molecule has 7 atom stereocenters. The quantitative estimate of drug-likeness (QED) is 0.357. The summed E-state index contributed by atoms with van der Waals surface area (Å²) in [6.45, 7) is 20.2. The molecule has 0 heterocycles. The third-order valence-electron chi connectivity index (χ3n) is 12.8. The fraction of sp³-hybridized carbons (Fsp3) is 0.900. The summed E-state index contributed by atoms with van der Waals surface area (Å²) < 4.78 is 0. The van der Waals surface area contributed by atoms with Crippen molar-refractivity contribution in [2.24, 2.45) is 50.2 Å². The van der Waals surface area contributed by atoms with E-state index >= 15 is 0 Å². The Hall–Kier alpha value is -0.590. The summed E-state index contributed by atoms with van der Waals surface area (Å²) in [6, 6.07) is 0. The van der Waals surface area contributed by atoms with E-state index in [0.717, 1.165) is 24.7 Å². The van der Waals surface area contributed by atoms with Crippen molar-refractivity contribution in [1.82, 2.24) is 0 Å². The van der Waals surface area contributed by atoms with Crippen LogP contribution >= 0.6 is 0 Å². The molecule has 174 valence electrons. The van der Waals surface area contributed by atoms with E-state index in [4.69, 9.17) is 0 Å². The molecule has 0 spiro atoms. The maximum Gasteiger partial charge on any atom is 0.142 e. The first-order chi connectivity index (χ1) is 14.2.